The summed E-state index contributed by atoms with van der Waals surface area (Å²) in [7, 11) is 1.60. The van der Waals surface area contributed by atoms with Crippen molar-refractivity contribution < 1.29 is 9.53 Å². The third-order valence-corrected chi connectivity index (χ3v) is 2.66. The van der Waals surface area contributed by atoms with Crippen molar-refractivity contribution in [2.24, 2.45) is 0 Å². The predicted molar refractivity (Wildman–Crippen MR) is 77.1 cm³/mol. The first-order valence-electron chi connectivity index (χ1n) is 6.35. The SMILES string of the molecule is COCC(C)NC(=O)Nc1cnn(-c2ccccc2)c1. The lowest BCUT2D eigenvalue weighted by molar-refractivity contribution is 0.173. The van der Waals surface area contributed by atoms with Gasteiger partial charge in [-0.1, -0.05) is 18.2 Å². The molecule has 2 rings (SSSR count). The molecule has 0 saturated carbocycles. The Morgan fingerprint density at radius 2 is 2.15 bits per heavy atom. The van der Waals surface area contributed by atoms with Crippen molar-refractivity contribution in [1.82, 2.24) is 15.1 Å². The molecule has 2 N–H and O–H groups in total. The maximum absolute atomic E-state index is 11.7. The second-order valence-corrected chi connectivity index (χ2v) is 4.46. The van der Waals surface area contributed by atoms with E-state index in [4.69, 9.17) is 4.74 Å². The van der Waals surface area contributed by atoms with Crippen molar-refractivity contribution in [3.8, 4) is 5.69 Å². The van der Waals surface area contributed by atoms with Crippen LogP contribution in [0.5, 0.6) is 0 Å². The van der Waals surface area contributed by atoms with Crippen LogP contribution in [0.25, 0.3) is 5.69 Å². The second-order valence-electron chi connectivity index (χ2n) is 4.46. The van der Waals surface area contributed by atoms with Crippen LogP contribution in [0, 0.1) is 0 Å². The van der Waals surface area contributed by atoms with Gasteiger partial charge < -0.3 is 15.4 Å². The molecule has 0 aliphatic heterocycles. The highest BCUT2D eigenvalue weighted by Gasteiger charge is 2.08. The topological polar surface area (TPSA) is 68.2 Å². The molecule has 0 radical (unpaired) electrons. The molecule has 2 amide bonds. The second kappa shape index (κ2) is 6.72. The zero-order valence-electron chi connectivity index (χ0n) is 11.5. The van der Waals surface area contributed by atoms with E-state index >= 15 is 0 Å². The monoisotopic (exact) mass is 274 g/mol. The van der Waals surface area contributed by atoms with Crippen molar-refractivity contribution in [3.63, 3.8) is 0 Å². The van der Waals surface area contributed by atoms with Gasteiger partial charge in [0.25, 0.3) is 0 Å². The first kappa shape index (κ1) is 14.1. The molecule has 1 heterocycles. The van der Waals surface area contributed by atoms with Crippen LogP contribution >= 0.6 is 0 Å². The number of para-hydroxylation sites is 1. The predicted octanol–water partition coefficient (Wildman–Crippen LogP) is 2.03. The number of urea groups is 1. The molecule has 1 atom stereocenters. The molecule has 6 heteroatoms. The molecule has 0 spiro atoms. The number of benzene rings is 1. The van der Waals surface area contributed by atoms with Gasteiger partial charge in [-0.3, -0.25) is 0 Å². The first-order chi connectivity index (χ1) is 9.69. The zero-order chi connectivity index (χ0) is 14.4. The normalized spacial score (nSPS) is 11.9. The van der Waals surface area contributed by atoms with E-state index in [1.54, 1.807) is 24.2 Å². The van der Waals surface area contributed by atoms with Crippen LogP contribution in [0.1, 0.15) is 6.92 Å². The van der Waals surface area contributed by atoms with Crippen LogP contribution in [-0.4, -0.2) is 35.6 Å². The molecule has 0 fully saturated rings. The van der Waals surface area contributed by atoms with Crippen molar-refractivity contribution in [2.45, 2.75) is 13.0 Å². The van der Waals surface area contributed by atoms with Gasteiger partial charge in [0.15, 0.2) is 0 Å². The van der Waals surface area contributed by atoms with Crippen molar-refractivity contribution in [3.05, 3.63) is 42.7 Å². The quantitative estimate of drug-likeness (QED) is 0.876. The molecule has 2 aromatic rings. The Morgan fingerprint density at radius 1 is 1.40 bits per heavy atom. The highest BCUT2D eigenvalue weighted by molar-refractivity contribution is 5.89. The number of rotatable bonds is 5. The van der Waals surface area contributed by atoms with Gasteiger partial charge in [-0.15, -0.1) is 0 Å². The molecule has 20 heavy (non-hydrogen) atoms. The van der Waals surface area contributed by atoms with Gasteiger partial charge in [-0.2, -0.15) is 5.10 Å². The van der Waals surface area contributed by atoms with E-state index < -0.39 is 0 Å². The summed E-state index contributed by atoms with van der Waals surface area (Å²) >= 11 is 0. The Balaban J connectivity index is 1.95. The first-order valence-corrected chi connectivity index (χ1v) is 6.35. The maximum atomic E-state index is 11.7. The molecule has 0 saturated heterocycles. The van der Waals surface area contributed by atoms with E-state index in [0.717, 1.165) is 5.69 Å². The molecule has 1 unspecified atom stereocenters. The van der Waals surface area contributed by atoms with E-state index in [1.807, 2.05) is 37.3 Å². The Bertz CT molecular complexity index is 553. The summed E-state index contributed by atoms with van der Waals surface area (Å²) in [6, 6.07) is 9.37. The van der Waals surface area contributed by atoms with Crippen LogP contribution in [-0.2, 0) is 4.74 Å². The standard InChI is InChI=1S/C14H18N4O2/c1-11(10-20-2)16-14(19)17-12-8-15-18(9-12)13-6-4-3-5-7-13/h3-9,11H,10H2,1-2H3,(H2,16,17,19). The fourth-order valence-electron chi connectivity index (χ4n) is 1.79. The molecular formula is C14H18N4O2. The van der Waals surface area contributed by atoms with Gasteiger partial charge in [-0.25, -0.2) is 9.48 Å². The van der Waals surface area contributed by atoms with E-state index in [0.29, 0.717) is 12.3 Å². The van der Waals surface area contributed by atoms with Gasteiger partial charge in [0.05, 0.1) is 36.4 Å². The lowest BCUT2D eigenvalue weighted by Gasteiger charge is -2.12. The molecule has 0 aliphatic carbocycles. The van der Waals surface area contributed by atoms with Gasteiger partial charge >= 0.3 is 6.03 Å². The lowest BCUT2D eigenvalue weighted by atomic mass is 10.3. The van der Waals surface area contributed by atoms with E-state index in [2.05, 4.69) is 15.7 Å². The number of carbonyl (C=O) groups is 1. The Labute approximate surface area is 117 Å². The summed E-state index contributed by atoms with van der Waals surface area (Å²) < 4.78 is 6.66. The molecule has 6 nitrogen and oxygen atoms in total. The smallest absolute Gasteiger partial charge is 0.319 e. The average Bonchev–Trinajstić information content (AvgIpc) is 2.88. The lowest BCUT2D eigenvalue weighted by Crippen LogP contribution is -2.38. The third-order valence-electron chi connectivity index (χ3n) is 2.66. The van der Waals surface area contributed by atoms with Gasteiger partial charge in [0.1, 0.15) is 0 Å². The van der Waals surface area contributed by atoms with Crippen molar-refractivity contribution >= 4 is 11.7 Å². The minimum absolute atomic E-state index is 0.0517. The van der Waals surface area contributed by atoms with Gasteiger partial charge in [-0.05, 0) is 19.1 Å². The van der Waals surface area contributed by atoms with Gasteiger partial charge in [0, 0.05) is 7.11 Å². The number of carbonyl (C=O) groups excluding carboxylic acids is 1. The van der Waals surface area contributed by atoms with Crippen LogP contribution in [0.3, 0.4) is 0 Å². The summed E-state index contributed by atoms with van der Waals surface area (Å²) in [5, 5.41) is 9.70. The van der Waals surface area contributed by atoms with Crippen LogP contribution < -0.4 is 10.6 Å². The van der Waals surface area contributed by atoms with E-state index in [-0.39, 0.29) is 12.1 Å². The number of nitrogens with zero attached hydrogens (tertiary/aromatic N) is 2. The highest BCUT2D eigenvalue weighted by atomic mass is 16.5. The summed E-state index contributed by atoms with van der Waals surface area (Å²) in [5.41, 5.74) is 1.57. The zero-order valence-corrected chi connectivity index (χ0v) is 11.5. The largest absolute Gasteiger partial charge is 0.383 e. The summed E-state index contributed by atoms with van der Waals surface area (Å²) in [6.45, 7) is 2.34. The summed E-state index contributed by atoms with van der Waals surface area (Å²) in [5.74, 6) is 0. The number of nitrogens with one attached hydrogen (secondary N) is 2. The van der Waals surface area contributed by atoms with Crippen LogP contribution in [0.2, 0.25) is 0 Å². The highest BCUT2D eigenvalue weighted by Crippen LogP contribution is 2.10. The van der Waals surface area contributed by atoms with Crippen molar-refractivity contribution in [1.29, 1.82) is 0 Å². The molecule has 106 valence electrons. The van der Waals surface area contributed by atoms with E-state index in [9.17, 15) is 4.79 Å². The number of methoxy groups -OCH3 is 1. The van der Waals surface area contributed by atoms with Crippen LogP contribution in [0.15, 0.2) is 42.7 Å². The number of ether oxygens (including phenoxy) is 1. The molecule has 1 aromatic heterocycles. The fraction of sp³-hybridized carbons (Fsp3) is 0.286. The summed E-state index contributed by atoms with van der Waals surface area (Å²) in [4.78, 5) is 11.7. The maximum Gasteiger partial charge on any atom is 0.319 e. The summed E-state index contributed by atoms with van der Waals surface area (Å²) in [6.07, 6.45) is 3.36. The minimum atomic E-state index is -0.276. The minimum Gasteiger partial charge on any atom is -0.383 e. The Kier molecular flexibility index (Phi) is 4.73. The molecule has 1 aromatic carbocycles. The molecule has 0 aliphatic rings. The van der Waals surface area contributed by atoms with Gasteiger partial charge in [0.2, 0.25) is 0 Å². The number of amides is 2. The van der Waals surface area contributed by atoms with Crippen molar-refractivity contribution in [2.75, 3.05) is 19.0 Å². The molecule has 0 bridgehead atoms. The Hall–Kier alpha value is -2.34. The average molecular weight is 274 g/mol. The Morgan fingerprint density at radius 3 is 2.85 bits per heavy atom. The molecular weight excluding hydrogens is 256 g/mol. The van der Waals surface area contributed by atoms with E-state index in [1.165, 1.54) is 0 Å². The third kappa shape index (κ3) is 3.83. The number of hydrogen-bond donors (Lipinski definition) is 2. The number of aromatic nitrogens is 2. The van der Waals surface area contributed by atoms with Crippen LogP contribution in [0.4, 0.5) is 10.5 Å². The number of hydrogen-bond acceptors (Lipinski definition) is 3. The fourth-order valence-corrected chi connectivity index (χ4v) is 1.79. The number of anilines is 1.